The standard InChI is InChI=1S/C27H31N7O3/c1-27(2,16-35)17-37-20-5-7-29-23(15-20)22-6-8-30-26(33-22)31-19-3-4-21-18(13-19)14-24(32-21)25(36)34-11-9-28-10-12-34/h3-8,13-15,28,32,35H,9-12,16-17H2,1-2H3,(H,30,31,33). The summed E-state index contributed by atoms with van der Waals surface area (Å²) in [6.07, 6.45) is 3.35. The normalized spacial score (nSPS) is 14.1. The Bertz CT molecular complexity index is 1400. The molecule has 4 aromatic rings. The minimum atomic E-state index is -0.338. The summed E-state index contributed by atoms with van der Waals surface area (Å²) in [5.41, 5.74) is 3.25. The predicted molar refractivity (Wildman–Crippen MR) is 142 cm³/mol. The van der Waals surface area contributed by atoms with Gasteiger partial charge in [-0.2, -0.15) is 0 Å². The SMILES string of the molecule is CC(C)(CO)COc1ccnc(-c2ccnc(Nc3ccc4[nH]c(C(=O)N5CCNCC5)cc4c3)n2)c1. The second kappa shape index (κ2) is 10.5. The zero-order chi connectivity index (χ0) is 25.8. The van der Waals surface area contributed by atoms with Gasteiger partial charge in [-0.25, -0.2) is 9.97 Å². The van der Waals surface area contributed by atoms with Gasteiger partial charge in [-0.15, -0.1) is 0 Å². The van der Waals surface area contributed by atoms with Crippen LogP contribution < -0.4 is 15.4 Å². The van der Waals surface area contributed by atoms with Crippen molar-refractivity contribution in [3.05, 3.63) is 60.6 Å². The molecule has 1 aliphatic rings. The van der Waals surface area contributed by atoms with Gasteiger partial charge >= 0.3 is 0 Å². The van der Waals surface area contributed by atoms with Crippen LogP contribution in [0.25, 0.3) is 22.3 Å². The van der Waals surface area contributed by atoms with E-state index in [0.29, 0.717) is 48.5 Å². The van der Waals surface area contributed by atoms with Crippen LogP contribution >= 0.6 is 0 Å². The lowest BCUT2D eigenvalue weighted by atomic mass is 9.97. The molecule has 3 aromatic heterocycles. The third-order valence-electron chi connectivity index (χ3n) is 6.22. The van der Waals surface area contributed by atoms with E-state index >= 15 is 0 Å². The number of hydrogen-bond donors (Lipinski definition) is 4. The fourth-order valence-corrected chi connectivity index (χ4v) is 4.02. The first-order valence-corrected chi connectivity index (χ1v) is 12.3. The molecular weight excluding hydrogens is 470 g/mol. The first kappa shape index (κ1) is 24.7. The number of amides is 1. The van der Waals surface area contributed by atoms with Crippen LogP contribution in [-0.4, -0.2) is 75.2 Å². The molecule has 0 unspecified atom stereocenters. The monoisotopic (exact) mass is 501 g/mol. The smallest absolute Gasteiger partial charge is 0.270 e. The average molecular weight is 502 g/mol. The number of aliphatic hydroxyl groups excluding tert-OH is 1. The van der Waals surface area contributed by atoms with E-state index in [1.807, 2.05) is 49.1 Å². The van der Waals surface area contributed by atoms with Gasteiger partial charge in [0.1, 0.15) is 11.4 Å². The van der Waals surface area contributed by atoms with E-state index in [4.69, 9.17) is 4.74 Å². The number of pyridine rings is 1. The van der Waals surface area contributed by atoms with Crippen molar-refractivity contribution in [2.75, 3.05) is 44.7 Å². The van der Waals surface area contributed by atoms with Crippen LogP contribution in [0.2, 0.25) is 0 Å². The van der Waals surface area contributed by atoms with E-state index in [9.17, 15) is 9.90 Å². The molecular formula is C27H31N7O3. The third-order valence-corrected chi connectivity index (χ3v) is 6.22. The van der Waals surface area contributed by atoms with Crippen molar-refractivity contribution < 1.29 is 14.6 Å². The van der Waals surface area contributed by atoms with Crippen LogP contribution in [0.5, 0.6) is 5.75 Å². The van der Waals surface area contributed by atoms with E-state index in [-0.39, 0.29) is 17.9 Å². The number of benzene rings is 1. The summed E-state index contributed by atoms with van der Waals surface area (Å²) >= 11 is 0. The van der Waals surface area contributed by atoms with Crippen LogP contribution in [0.15, 0.2) is 54.9 Å². The Morgan fingerprint density at radius 1 is 1.08 bits per heavy atom. The second-order valence-corrected chi connectivity index (χ2v) is 9.91. The number of H-pyrrole nitrogens is 1. The summed E-state index contributed by atoms with van der Waals surface area (Å²) in [6, 6.07) is 13.1. The fourth-order valence-electron chi connectivity index (χ4n) is 4.02. The van der Waals surface area contributed by atoms with Gasteiger partial charge in [0.15, 0.2) is 0 Å². The maximum atomic E-state index is 12.9. The topological polar surface area (TPSA) is 128 Å². The Morgan fingerprint density at radius 2 is 1.89 bits per heavy atom. The highest BCUT2D eigenvalue weighted by molar-refractivity contribution is 5.98. The van der Waals surface area contributed by atoms with Gasteiger partial charge < -0.3 is 30.4 Å². The van der Waals surface area contributed by atoms with Crippen molar-refractivity contribution in [2.24, 2.45) is 5.41 Å². The molecule has 1 saturated heterocycles. The number of carbonyl (C=O) groups excluding carboxylic acids is 1. The molecule has 1 aromatic carbocycles. The quantitative estimate of drug-likeness (QED) is 0.290. The highest BCUT2D eigenvalue weighted by atomic mass is 16.5. The lowest BCUT2D eigenvalue weighted by Crippen LogP contribution is -2.46. The Morgan fingerprint density at radius 3 is 2.70 bits per heavy atom. The molecule has 1 fully saturated rings. The fraction of sp³-hybridized carbons (Fsp3) is 0.333. The van der Waals surface area contributed by atoms with Crippen molar-refractivity contribution in [1.82, 2.24) is 30.2 Å². The van der Waals surface area contributed by atoms with Crippen molar-refractivity contribution in [1.29, 1.82) is 0 Å². The molecule has 0 saturated carbocycles. The van der Waals surface area contributed by atoms with Crippen molar-refractivity contribution in [3.63, 3.8) is 0 Å². The molecule has 4 heterocycles. The third kappa shape index (κ3) is 5.87. The van der Waals surface area contributed by atoms with Gasteiger partial charge in [0, 0.05) is 66.6 Å². The van der Waals surface area contributed by atoms with E-state index in [2.05, 4.69) is 30.6 Å². The number of nitrogens with one attached hydrogen (secondary N) is 3. The van der Waals surface area contributed by atoms with Gasteiger partial charge in [0.2, 0.25) is 5.95 Å². The van der Waals surface area contributed by atoms with Gasteiger partial charge in [0.25, 0.3) is 5.91 Å². The molecule has 192 valence electrons. The minimum Gasteiger partial charge on any atom is -0.493 e. The van der Waals surface area contributed by atoms with Crippen molar-refractivity contribution in [2.45, 2.75) is 13.8 Å². The number of aliphatic hydroxyl groups is 1. The Hall–Kier alpha value is -4.02. The summed E-state index contributed by atoms with van der Waals surface area (Å²) < 4.78 is 5.86. The molecule has 0 spiro atoms. The number of hydrogen-bond acceptors (Lipinski definition) is 8. The number of aromatic nitrogens is 4. The number of nitrogens with zero attached hydrogens (tertiary/aromatic N) is 4. The molecule has 10 heteroatoms. The second-order valence-electron chi connectivity index (χ2n) is 9.91. The number of ether oxygens (including phenoxy) is 1. The Labute approximate surface area is 215 Å². The Kier molecular flexibility index (Phi) is 7.02. The van der Waals surface area contributed by atoms with Crippen molar-refractivity contribution >= 4 is 28.4 Å². The summed E-state index contributed by atoms with van der Waals surface area (Å²) in [5.74, 6) is 1.10. The van der Waals surface area contributed by atoms with Gasteiger partial charge in [-0.1, -0.05) is 13.8 Å². The predicted octanol–water partition coefficient (Wildman–Crippen LogP) is 3.21. The van der Waals surface area contributed by atoms with E-state index in [1.165, 1.54) is 0 Å². The van der Waals surface area contributed by atoms with Crippen LogP contribution in [0.4, 0.5) is 11.6 Å². The number of aromatic amines is 1. The van der Waals surface area contributed by atoms with Gasteiger partial charge in [0.05, 0.1) is 24.6 Å². The number of anilines is 2. The molecule has 5 rings (SSSR count). The van der Waals surface area contributed by atoms with E-state index in [0.717, 1.165) is 29.7 Å². The molecule has 1 aliphatic heterocycles. The highest BCUT2D eigenvalue weighted by Crippen LogP contribution is 2.25. The first-order chi connectivity index (χ1) is 17.9. The summed E-state index contributed by atoms with van der Waals surface area (Å²) in [7, 11) is 0. The summed E-state index contributed by atoms with van der Waals surface area (Å²) in [6.45, 7) is 7.34. The number of piperazine rings is 1. The zero-order valence-electron chi connectivity index (χ0n) is 21.0. The zero-order valence-corrected chi connectivity index (χ0v) is 21.0. The number of rotatable bonds is 8. The molecule has 0 bridgehead atoms. The van der Waals surface area contributed by atoms with Crippen LogP contribution in [0.3, 0.4) is 0 Å². The van der Waals surface area contributed by atoms with Crippen LogP contribution in [-0.2, 0) is 0 Å². The summed E-state index contributed by atoms with van der Waals surface area (Å²) in [5, 5.41) is 16.9. The maximum Gasteiger partial charge on any atom is 0.270 e. The van der Waals surface area contributed by atoms with Gasteiger partial charge in [-0.05, 0) is 36.4 Å². The highest BCUT2D eigenvalue weighted by Gasteiger charge is 2.20. The Balaban J connectivity index is 1.31. The molecule has 37 heavy (non-hydrogen) atoms. The average Bonchev–Trinajstić information content (AvgIpc) is 3.36. The minimum absolute atomic E-state index is 0.0156. The van der Waals surface area contributed by atoms with E-state index < -0.39 is 0 Å². The molecule has 1 amide bonds. The lowest BCUT2D eigenvalue weighted by Gasteiger charge is -2.26. The maximum absolute atomic E-state index is 12.9. The molecule has 4 N–H and O–H groups in total. The summed E-state index contributed by atoms with van der Waals surface area (Å²) in [4.78, 5) is 31.4. The van der Waals surface area contributed by atoms with Crippen molar-refractivity contribution in [3.8, 4) is 17.1 Å². The van der Waals surface area contributed by atoms with Crippen LogP contribution in [0.1, 0.15) is 24.3 Å². The van der Waals surface area contributed by atoms with Gasteiger partial charge in [-0.3, -0.25) is 9.78 Å². The molecule has 0 aliphatic carbocycles. The molecule has 0 radical (unpaired) electrons. The van der Waals surface area contributed by atoms with E-state index in [1.54, 1.807) is 24.5 Å². The first-order valence-electron chi connectivity index (χ1n) is 12.3. The molecule has 0 atom stereocenters. The molecule has 10 nitrogen and oxygen atoms in total. The largest absolute Gasteiger partial charge is 0.493 e. The van der Waals surface area contributed by atoms with Crippen LogP contribution in [0, 0.1) is 5.41 Å². The lowest BCUT2D eigenvalue weighted by molar-refractivity contribution is 0.0731. The number of fused-ring (bicyclic) bond motifs is 1. The number of carbonyl (C=O) groups is 1.